The Labute approximate surface area is 207 Å². The van der Waals surface area contributed by atoms with Gasteiger partial charge in [0.05, 0.1) is 6.04 Å². The second-order valence-corrected chi connectivity index (χ2v) is 9.87. The molecule has 1 aromatic heterocycles. The standard InChI is InChI=1S/C26H26ClFN2O3S/c1-17(2)30(26(32)18-6-5-7-19(27)14-18)15-25(31)29-12-10-24-20(11-13-34-24)22(29)16-33-23-9-4-3-8-21(23)28/h3-9,11,13-14,17,22H,10,12,15-16H2,1-2H3/t22-/m0/s1. The molecule has 5 nitrogen and oxygen atoms in total. The van der Waals surface area contributed by atoms with Crippen LogP contribution >= 0.6 is 22.9 Å². The number of nitrogens with zero attached hydrogens (tertiary/aromatic N) is 2. The predicted molar refractivity (Wildman–Crippen MR) is 132 cm³/mol. The number of para-hydroxylation sites is 1. The summed E-state index contributed by atoms with van der Waals surface area (Å²) in [6, 6.07) is 14.4. The highest BCUT2D eigenvalue weighted by atomic mass is 35.5. The fourth-order valence-electron chi connectivity index (χ4n) is 4.12. The van der Waals surface area contributed by atoms with E-state index in [0.717, 1.165) is 12.0 Å². The normalized spacial score (nSPS) is 15.2. The molecule has 2 aromatic carbocycles. The first-order valence-corrected chi connectivity index (χ1v) is 12.4. The van der Waals surface area contributed by atoms with Gasteiger partial charge in [-0.2, -0.15) is 0 Å². The molecular formula is C26H26ClFN2O3S. The van der Waals surface area contributed by atoms with Crippen molar-refractivity contribution in [2.75, 3.05) is 19.7 Å². The third-order valence-corrected chi connectivity index (χ3v) is 7.14. The summed E-state index contributed by atoms with van der Waals surface area (Å²) >= 11 is 7.71. The van der Waals surface area contributed by atoms with Gasteiger partial charge in [0, 0.05) is 28.0 Å². The fraction of sp³-hybridized carbons (Fsp3) is 0.308. The second-order valence-electron chi connectivity index (χ2n) is 8.43. The molecule has 4 rings (SSSR count). The van der Waals surface area contributed by atoms with Gasteiger partial charge in [-0.05, 0) is 67.6 Å². The minimum Gasteiger partial charge on any atom is -0.488 e. The van der Waals surface area contributed by atoms with Crippen molar-refractivity contribution in [3.05, 3.63) is 86.8 Å². The Morgan fingerprint density at radius 1 is 1.21 bits per heavy atom. The Morgan fingerprint density at radius 2 is 2.00 bits per heavy atom. The van der Waals surface area contributed by atoms with Gasteiger partial charge in [0.15, 0.2) is 11.6 Å². The molecule has 1 aliphatic rings. The van der Waals surface area contributed by atoms with Crippen LogP contribution in [0.25, 0.3) is 0 Å². The Morgan fingerprint density at radius 3 is 2.74 bits per heavy atom. The van der Waals surface area contributed by atoms with Crippen molar-refractivity contribution in [3.8, 4) is 5.75 Å². The number of hydrogen-bond acceptors (Lipinski definition) is 4. The smallest absolute Gasteiger partial charge is 0.254 e. The molecule has 0 spiro atoms. The molecular weight excluding hydrogens is 475 g/mol. The molecule has 0 bridgehead atoms. The first kappa shape index (κ1) is 24.2. The van der Waals surface area contributed by atoms with Crippen molar-refractivity contribution < 1.29 is 18.7 Å². The van der Waals surface area contributed by atoms with Crippen LogP contribution in [0, 0.1) is 5.82 Å². The number of amides is 2. The van der Waals surface area contributed by atoms with E-state index in [1.165, 1.54) is 10.9 Å². The van der Waals surface area contributed by atoms with Gasteiger partial charge in [0.1, 0.15) is 13.2 Å². The van der Waals surface area contributed by atoms with Gasteiger partial charge in [0.25, 0.3) is 5.91 Å². The lowest BCUT2D eigenvalue weighted by Crippen LogP contribution is -2.49. The molecule has 0 radical (unpaired) electrons. The van der Waals surface area contributed by atoms with Crippen LogP contribution in [-0.4, -0.2) is 47.4 Å². The van der Waals surface area contributed by atoms with Gasteiger partial charge in [-0.25, -0.2) is 4.39 Å². The number of carbonyl (C=O) groups excluding carboxylic acids is 2. The fourth-order valence-corrected chi connectivity index (χ4v) is 5.24. The highest BCUT2D eigenvalue weighted by Crippen LogP contribution is 2.34. The maximum Gasteiger partial charge on any atom is 0.254 e. The van der Waals surface area contributed by atoms with Crippen LogP contribution in [-0.2, 0) is 11.2 Å². The molecule has 8 heteroatoms. The third kappa shape index (κ3) is 5.26. The lowest BCUT2D eigenvalue weighted by Gasteiger charge is -2.37. The number of carbonyl (C=O) groups is 2. The highest BCUT2D eigenvalue weighted by Gasteiger charge is 2.34. The Balaban J connectivity index is 1.54. The zero-order valence-corrected chi connectivity index (χ0v) is 20.6. The van der Waals surface area contributed by atoms with E-state index in [4.69, 9.17) is 16.3 Å². The Kier molecular flexibility index (Phi) is 7.54. The Hall–Kier alpha value is -2.90. The molecule has 2 amide bonds. The topological polar surface area (TPSA) is 49.9 Å². The van der Waals surface area contributed by atoms with Gasteiger partial charge < -0.3 is 14.5 Å². The van der Waals surface area contributed by atoms with Gasteiger partial charge in [-0.3, -0.25) is 9.59 Å². The van der Waals surface area contributed by atoms with E-state index in [1.807, 2.05) is 25.3 Å². The summed E-state index contributed by atoms with van der Waals surface area (Å²) < 4.78 is 19.9. The van der Waals surface area contributed by atoms with Gasteiger partial charge in [-0.15, -0.1) is 11.3 Å². The van der Waals surface area contributed by atoms with Crippen molar-refractivity contribution in [2.24, 2.45) is 0 Å². The maximum atomic E-state index is 14.1. The van der Waals surface area contributed by atoms with Crippen molar-refractivity contribution in [3.63, 3.8) is 0 Å². The molecule has 0 unspecified atom stereocenters. The molecule has 0 fully saturated rings. The molecule has 1 atom stereocenters. The summed E-state index contributed by atoms with van der Waals surface area (Å²) in [6.07, 6.45) is 0.735. The van der Waals surface area contributed by atoms with Crippen molar-refractivity contribution in [1.82, 2.24) is 9.80 Å². The summed E-state index contributed by atoms with van der Waals surface area (Å²) in [6.45, 7) is 4.32. The predicted octanol–water partition coefficient (Wildman–Crippen LogP) is 5.60. The van der Waals surface area contributed by atoms with Crippen LogP contribution in [0.2, 0.25) is 5.02 Å². The molecule has 0 saturated heterocycles. The third-order valence-electron chi connectivity index (χ3n) is 5.91. The monoisotopic (exact) mass is 500 g/mol. The molecule has 0 aliphatic carbocycles. The zero-order valence-electron chi connectivity index (χ0n) is 19.0. The van der Waals surface area contributed by atoms with E-state index in [2.05, 4.69) is 0 Å². The average molecular weight is 501 g/mol. The van der Waals surface area contributed by atoms with Crippen LogP contribution in [0.5, 0.6) is 5.75 Å². The summed E-state index contributed by atoms with van der Waals surface area (Å²) in [4.78, 5) is 31.2. The van der Waals surface area contributed by atoms with Crippen LogP contribution in [0.3, 0.4) is 0 Å². The number of thiophene rings is 1. The summed E-state index contributed by atoms with van der Waals surface area (Å²) in [5.41, 5.74) is 1.45. The quantitative estimate of drug-likeness (QED) is 0.424. The van der Waals surface area contributed by atoms with Crippen LogP contribution in [0.1, 0.15) is 40.7 Å². The van der Waals surface area contributed by atoms with E-state index >= 15 is 0 Å². The van der Waals surface area contributed by atoms with Crippen molar-refractivity contribution >= 4 is 34.8 Å². The number of fused-ring (bicyclic) bond motifs is 1. The Bertz CT molecular complexity index is 1180. The summed E-state index contributed by atoms with van der Waals surface area (Å²) in [5.74, 6) is -0.724. The molecule has 0 N–H and O–H groups in total. The molecule has 3 aromatic rings. The summed E-state index contributed by atoms with van der Waals surface area (Å²) in [5, 5.41) is 2.46. The SMILES string of the molecule is CC(C)N(CC(=O)N1CCc2sccc2[C@@H]1COc1ccccc1F)C(=O)c1cccc(Cl)c1. The average Bonchev–Trinajstić information content (AvgIpc) is 3.30. The van der Waals surface area contributed by atoms with Gasteiger partial charge in [0.2, 0.25) is 5.91 Å². The molecule has 2 heterocycles. The maximum absolute atomic E-state index is 14.1. The van der Waals surface area contributed by atoms with Crippen molar-refractivity contribution in [1.29, 1.82) is 0 Å². The lowest BCUT2D eigenvalue weighted by molar-refractivity contribution is -0.136. The molecule has 178 valence electrons. The van der Waals surface area contributed by atoms with Crippen LogP contribution in [0.4, 0.5) is 4.39 Å². The molecule has 0 saturated carbocycles. The first-order chi connectivity index (χ1) is 16.3. The van der Waals surface area contributed by atoms with E-state index in [1.54, 1.807) is 63.6 Å². The van der Waals surface area contributed by atoms with E-state index in [0.29, 0.717) is 17.1 Å². The van der Waals surface area contributed by atoms with Crippen LogP contribution < -0.4 is 4.74 Å². The van der Waals surface area contributed by atoms with E-state index in [-0.39, 0.29) is 42.8 Å². The zero-order chi connectivity index (χ0) is 24.2. The number of halogens is 2. The van der Waals surface area contributed by atoms with Crippen LogP contribution in [0.15, 0.2) is 60.0 Å². The number of ether oxygens (including phenoxy) is 1. The van der Waals surface area contributed by atoms with E-state index in [9.17, 15) is 14.0 Å². The number of hydrogen-bond donors (Lipinski definition) is 0. The van der Waals surface area contributed by atoms with Gasteiger partial charge in [-0.1, -0.05) is 29.8 Å². The molecule has 1 aliphatic heterocycles. The lowest BCUT2D eigenvalue weighted by atomic mass is 10.00. The number of benzene rings is 2. The van der Waals surface area contributed by atoms with Gasteiger partial charge >= 0.3 is 0 Å². The number of rotatable bonds is 7. The highest BCUT2D eigenvalue weighted by molar-refractivity contribution is 7.10. The van der Waals surface area contributed by atoms with E-state index < -0.39 is 5.82 Å². The van der Waals surface area contributed by atoms with Crippen molar-refractivity contribution in [2.45, 2.75) is 32.4 Å². The largest absolute Gasteiger partial charge is 0.488 e. The summed E-state index contributed by atoms with van der Waals surface area (Å²) in [7, 11) is 0. The molecule has 34 heavy (non-hydrogen) atoms. The second kappa shape index (κ2) is 10.6. The minimum atomic E-state index is -0.445. The first-order valence-electron chi connectivity index (χ1n) is 11.1. The minimum absolute atomic E-state index is 0.0708.